The van der Waals surface area contributed by atoms with E-state index in [-0.39, 0.29) is 16.9 Å². The maximum atomic E-state index is 12.5. The molecule has 1 unspecified atom stereocenters. The van der Waals surface area contributed by atoms with Crippen LogP contribution in [-0.4, -0.2) is 28.5 Å². The minimum atomic E-state index is -1.01. The molecule has 0 fully saturated rings. The Balaban J connectivity index is 1.82. The van der Waals surface area contributed by atoms with Gasteiger partial charge in [0.15, 0.2) is 0 Å². The number of aliphatic carboxylic acids is 1. The number of hydrogen-bond donors (Lipinski definition) is 2. The first-order chi connectivity index (χ1) is 10.7. The molecule has 3 rings (SSSR count). The SMILES string of the molecule is O=C(O)C1=C(C(=O)NC2CCCc3ccccc32)SCCS1. The molecule has 0 bridgehead atoms. The third-order valence-electron chi connectivity index (χ3n) is 3.86. The topological polar surface area (TPSA) is 66.4 Å². The molecule has 2 N–H and O–H groups in total. The lowest BCUT2D eigenvalue weighted by Gasteiger charge is -2.27. The van der Waals surface area contributed by atoms with Gasteiger partial charge in [-0.15, -0.1) is 23.5 Å². The van der Waals surface area contributed by atoms with Crippen LogP contribution in [0, 0.1) is 0 Å². The fraction of sp³-hybridized carbons (Fsp3) is 0.375. The van der Waals surface area contributed by atoms with E-state index in [0.29, 0.717) is 4.91 Å². The second-order valence-electron chi connectivity index (χ2n) is 5.28. The quantitative estimate of drug-likeness (QED) is 0.889. The van der Waals surface area contributed by atoms with Gasteiger partial charge in [0.25, 0.3) is 5.91 Å². The van der Waals surface area contributed by atoms with E-state index >= 15 is 0 Å². The van der Waals surface area contributed by atoms with Crippen LogP contribution in [0.3, 0.4) is 0 Å². The molecule has 116 valence electrons. The summed E-state index contributed by atoms with van der Waals surface area (Å²) in [5.41, 5.74) is 2.44. The molecule has 0 radical (unpaired) electrons. The molecule has 1 aromatic rings. The molecule has 1 aromatic carbocycles. The summed E-state index contributed by atoms with van der Waals surface area (Å²) in [6, 6.07) is 8.13. The largest absolute Gasteiger partial charge is 0.477 e. The highest BCUT2D eigenvalue weighted by Crippen LogP contribution is 2.36. The fourth-order valence-electron chi connectivity index (χ4n) is 2.87. The van der Waals surface area contributed by atoms with Crippen molar-refractivity contribution in [3.63, 3.8) is 0 Å². The van der Waals surface area contributed by atoms with E-state index < -0.39 is 5.97 Å². The summed E-state index contributed by atoms with van der Waals surface area (Å²) in [4.78, 5) is 24.3. The molecule has 6 heteroatoms. The Morgan fingerprint density at radius 3 is 2.64 bits per heavy atom. The minimum Gasteiger partial charge on any atom is -0.477 e. The van der Waals surface area contributed by atoms with E-state index in [4.69, 9.17) is 0 Å². The summed E-state index contributed by atoms with van der Waals surface area (Å²) < 4.78 is 0. The summed E-state index contributed by atoms with van der Waals surface area (Å²) >= 11 is 2.60. The number of benzene rings is 1. The van der Waals surface area contributed by atoms with Gasteiger partial charge in [0.05, 0.1) is 10.9 Å². The first kappa shape index (κ1) is 15.5. The molecule has 0 saturated carbocycles. The van der Waals surface area contributed by atoms with Gasteiger partial charge < -0.3 is 10.4 Å². The number of carbonyl (C=O) groups excluding carboxylic acids is 1. The second kappa shape index (κ2) is 6.79. The predicted octanol–water partition coefficient (Wildman–Crippen LogP) is 2.96. The van der Waals surface area contributed by atoms with E-state index in [0.717, 1.165) is 36.3 Å². The molecule has 4 nitrogen and oxygen atoms in total. The van der Waals surface area contributed by atoms with E-state index in [1.165, 1.54) is 29.1 Å². The van der Waals surface area contributed by atoms with Gasteiger partial charge in [-0.3, -0.25) is 4.79 Å². The van der Waals surface area contributed by atoms with Crippen LogP contribution >= 0.6 is 23.5 Å². The van der Waals surface area contributed by atoms with Crippen molar-refractivity contribution in [2.75, 3.05) is 11.5 Å². The number of fused-ring (bicyclic) bond motifs is 1. The summed E-state index contributed by atoms with van der Waals surface area (Å²) in [5, 5.41) is 12.3. The van der Waals surface area contributed by atoms with Crippen LogP contribution in [0.4, 0.5) is 0 Å². The molecule has 1 aliphatic heterocycles. The predicted molar refractivity (Wildman–Crippen MR) is 89.8 cm³/mol. The number of nitrogens with one attached hydrogen (secondary N) is 1. The highest BCUT2D eigenvalue weighted by Gasteiger charge is 2.28. The zero-order chi connectivity index (χ0) is 15.5. The van der Waals surface area contributed by atoms with Crippen molar-refractivity contribution in [3.05, 3.63) is 45.2 Å². The van der Waals surface area contributed by atoms with Crippen LogP contribution in [0.15, 0.2) is 34.1 Å². The molecule has 1 atom stereocenters. The highest BCUT2D eigenvalue weighted by molar-refractivity contribution is 8.11. The van der Waals surface area contributed by atoms with Gasteiger partial charge in [-0.1, -0.05) is 24.3 Å². The lowest BCUT2D eigenvalue weighted by atomic mass is 9.88. The Hall–Kier alpha value is -1.40. The molecule has 0 spiro atoms. The van der Waals surface area contributed by atoms with Crippen LogP contribution in [0.5, 0.6) is 0 Å². The van der Waals surface area contributed by atoms with Gasteiger partial charge in [0.1, 0.15) is 4.91 Å². The lowest BCUT2D eigenvalue weighted by molar-refractivity contribution is -0.132. The van der Waals surface area contributed by atoms with Crippen molar-refractivity contribution < 1.29 is 14.7 Å². The number of hydrogen-bond acceptors (Lipinski definition) is 4. The molecular formula is C16H17NO3S2. The van der Waals surface area contributed by atoms with Gasteiger partial charge in [-0.25, -0.2) is 4.79 Å². The van der Waals surface area contributed by atoms with E-state index in [9.17, 15) is 14.7 Å². The average molecular weight is 335 g/mol. The Kier molecular flexibility index (Phi) is 4.78. The van der Waals surface area contributed by atoms with Gasteiger partial charge in [0.2, 0.25) is 0 Å². The van der Waals surface area contributed by atoms with Crippen molar-refractivity contribution >= 4 is 35.4 Å². The number of thioether (sulfide) groups is 2. The Bertz CT molecular complexity index is 642. The maximum absolute atomic E-state index is 12.5. The maximum Gasteiger partial charge on any atom is 0.343 e. The Morgan fingerprint density at radius 2 is 1.86 bits per heavy atom. The summed E-state index contributed by atoms with van der Waals surface area (Å²) in [7, 11) is 0. The first-order valence-electron chi connectivity index (χ1n) is 7.28. The highest BCUT2D eigenvalue weighted by atomic mass is 32.2. The van der Waals surface area contributed by atoms with Crippen molar-refractivity contribution in [1.82, 2.24) is 5.32 Å². The second-order valence-corrected chi connectivity index (χ2v) is 7.49. The number of carbonyl (C=O) groups is 2. The van der Waals surface area contributed by atoms with E-state index in [1.807, 2.05) is 12.1 Å². The Morgan fingerprint density at radius 1 is 1.14 bits per heavy atom. The van der Waals surface area contributed by atoms with Crippen molar-refractivity contribution in [2.45, 2.75) is 25.3 Å². The molecule has 0 aromatic heterocycles. The number of amides is 1. The molecule has 22 heavy (non-hydrogen) atoms. The normalized spacial score (nSPS) is 21.2. The van der Waals surface area contributed by atoms with Crippen LogP contribution < -0.4 is 5.32 Å². The Labute approximate surface area is 137 Å². The summed E-state index contributed by atoms with van der Waals surface area (Å²) in [5.74, 6) is 0.239. The molecule has 1 aliphatic carbocycles. The van der Waals surface area contributed by atoms with Gasteiger partial charge in [-0.05, 0) is 30.4 Å². The van der Waals surface area contributed by atoms with E-state index in [1.54, 1.807) is 0 Å². The van der Waals surface area contributed by atoms with Gasteiger partial charge in [-0.2, -0.15) is 0 Å². The summed E-state index contributed by atoms with van der Waals surface area (Å²) in [6.07, 6.45) is 2.97. The van der Waals surface area contributed by atoms with Crippen LogP contribution in [0.2, 0.25) is 0 Å². The number of rotatable bonds is 3. The van der Waals surface area contributed by atoms with Gasteiger partial charge in [0, 0.05) is 11.5 Å². The zero-order valence-electron chi connectivity index (χ0n) is 12.0. The number of carboxylic acids is 1. The lowest BCUT2D eigenvalue weighted by Crippen LogP contribution is -2.32. The van der Waals surface area contributed by atoms with Crippen LogP contribution in [-0.2, 0) is 16.0 Å². The molecule has 1 heterocycles. The minimum absolute atomic E-state index is 0.0208. The average Bonchev–Trinajstić information content (AvgIpc) is 2.55. The fourth-order valence-corrected chi connectivity index (χ4v) is 5.06. The van der Waals surface area contributed by atoms with Crippen molar-refractivity contribution in [3.8, 4) is 0 Å². The van der Waals surface area contributed by atoms with E-state index in [2.05, 4.69) is 17.4 Å². The monoisotopic (exact) mass is 335 g/mol. The first-order valence-corrected chi connectivity index (χ1v) is 9.26. The van der Waals surface area contributed by atoms with Crippen molar-refractivity contribution in [2.24, 2.45) is 0 Å². The molecule has 1 amide bonds. The standard InChI is InChI=1S/C16H17NO3S2/c18-15(13-14(16(19)20)22-9-8-21-13)17-12-7-3-5-10-4-1-2-6-11(10)12/h1-2,4,6,12H,3,5,7-9H2,(H,17,18)(H,19,20). The number of carboxylic acid groups (broad SMARTS) is 1. The van der Waals surface area contributed by atoms with Crippen LogP contribution in [0.1, 0.15) is 30.0 Å². The van der Waals surface area contributed by atoms with Crippen molar-refractivity contribution in [1.29, 1.82) is 0 Å². The van der Waals surface area contributed by atoms with Crippen LogP contribution in [0.25, 0.3) is 0 Å². The van der Waals surface area contributed by atoms with Gasteiger partial charge >= 0.3 is 5.97 Å². The zero-order valence-corrected chi connectivity index (χ0v) is 13.6. The molecule has 0 saturated heterocycles. The third-order valence-corrected chi connectivity index (χ3v) is 6.41. The smallest absolute Gasteiger partial charge is 0.343 e. The summed E-state index contributed by atoms with van der Waals surface area (Å²) in [6.45, 7) is 0. The molecule has 2 aliphatic rings. The number of aryl methyl sites for hydroxylation is 1. The molecular weight excluding hydrogens is 318 g/mol. The third kappa shape index (κ3) is 3.17.